The minimum atomic E-state index is -4.67. The van der Waals surface area contributed by atoms with Crippen molar-refractivity contribution in [1.82, 2.24) is 16.0 Å². The lowest BCUT2D eigenvalue weighted by Crippen LogP contribution is -2.24. The van der Waals surface area contributed by atoms with Crippen molar-refractivity contribution in [2.45, 2.75) is 59.3 Å². The van der Waals surface area contributed by atoms with Crippen LogP contribution in [0.4, 0.5) is 39.5 Å². The van der Waals surface area contributed by atoms with E-state index >= 15 is 0 Å². The Morgan fingerprint density at radius 3 is 1.26 bits per heavy atom. The van der Waals surface area contributed by atoms with E-state index in [0.717, 1.165) is 53.1 Å². The summed E-state index contributed by atoms with van der Waals surface area (Å²) >= 11 is 0. The van der Waals surface area contributed by atoms with Crippen LogP contribution in [-0.4, -0.2) is 47.9 Å². The van der Waals surface area contributed by atoms with Gasteiger partial charge in [-0.05, 0) is 171 Å². The molecule has 3 aliphatic carbocycles. The summed E-state index contributed by atoms with van der Waals surface area (Å²) in [6.07, 6.45) is 4.86. The summed E-state index contributed by atoms with van der Waals surface area (Å²) in [6, 6.07) is 22.3. The van der Waals surface area contributed by atoms with E-state index in [1.165, 1.54) is 85.0 Å². The van der Waals surface area contributed by atoms with Gasteiger partial charge in [0.2, 0.25) is 0 Å². The highest BCUT2D eigenvalue weighted by Gasteiger charge is 2.33. The number of alkyl halides is 6. The van der Waals surface area contributed by atoms with Gasteiger partial charge in [0.25, 0.3) is 17.7 Å². The average molecular weight is 1190 g/mol. The molecule has 13 nitrogen and oxygen atoms in total. The van der Waals surface area contributed by atoms with Crippen LogP contribution in [0.2, 0.25) is 0 Å². The van der Waals surface area contributed by atoms with Gasteiger partial charge in [0, 0.05) is 54.6 Å². The van der Waals surface area contributed by atoms with Crippen LogP contribution in [0, 0.1) is 45.1 Å². The van der Waals surface area contributed by atoms with Crippen molar-refractivity contribution < 1.29 is 87.2 Å². The highest BCUT2D eigenvalue weighted by molar-refractivity contribution is 6.02. The van der Waals surface area contributed by atoms with E-state index in [2.05, 4.69) is 20.7 Å². The van der Waals surface area contributed by atoms with Gasteiger partial charge in [0.1, 0.15) is 57.7 Å². The summed E-state index contributed by atoms with van der Waals surface area (Å²) in [6.45, 7) is 6.02. The molecule has 86 heavy (non-hydrogen) atoms. The van der Waals surface area contributed by atoms with E-state index in [0.29, 0.717) is 29.5 Å². The van der Waals surface area contributed by atoms with Gasteiger partial charge in [-0.25, -0.2) is 13.2 Å². The molecule has 0 aliphatic heterocycles. The predicted molar refractivity (Wildman–Crippen MR) is 297 cm³/mol. The fraction of sp³-hybridized carbons (Fsp3) is 0.156. The van der Waals surface area contributed by atoms with Crippen molar-refractivity contribution in [2.24, 2.45) is 0 Å². The van der Waals surface area contributed by atoms with Crippen LogP contribution in [0.25, 0.3) is 0 Å². The summed E-state index contributed by atoms with van der Waals surface area (Å²) in [5.41, 5.74) is 2.82. The Labute approximate surface area is 485 Å². The second-order valence-corrected chi connectivity index (χ2v) is 19.2. The molecule has 9 rings (SSSR count). The van der Waals surface area contributed by atoms with Crippen LogP contribution in [0.1, 0.15) is 78.2 Å². The maximum absolute atomic E-state index is 13.8. The monoisotopic (exact) mass is 1190 g/mol. The Balaban J connectivity index is 0.000000185. The zero-order valence-corrected chi connectivity index (χ0v) is 45.9. The summed E-state index contributed by atoms with van der Waals surface area (Å²) in [5.74, 6) is -3.28. The standard InChI is InChI=1S/C22H20FNO3.C21H15F4NO4.C21H15F4NO3/c1-13-9-15(3)21(10-14(13)2)27-20-8-7-16(23)11-19(20)22(26)24-17-5-4-6-18(25)12-17;22-13-4-9-19(18(10-13)20(28)26-14-2-1-3-15(27)11-14)30-17-7-5-16(6-8-17)29-12-21(23,24)25;1-12-9-14(22)6-8-18(12)29-19-7-5-13(21(23,24)25)10-17(19)20(28)26-15-3-2-4-16(27)11-15/h4-5,7-12H,6H2,1-3H3,(H,24,26);1-2,4-11H,3,12H2,(H,26,28);2-3,5-11H,4H2,1H3,(H,26,28). The van der Waals surface area contributed by atoms with Crippen molar-refractivity contribution >= 4 is 35.1 Å². The number of carbonyl (C=O) groups is 6. The minimum Gasteiger partial charge on any atom is -0.484 e. The Morgan fingerprint density at radius 1 is 0.430 bits per heavy atom. The fourth-order valence-electron chi connectivity index (χ4n) is 7.99. The summed E-state index contributed by atoms with van der Waals surface area (Å²) in [7, 11) is 0. The van der Waals surface area contributed by atoms with Gasteiger partial charge in [-0.1, -0.05) is 24.3 Å². The Bertz CT molecular complexity index is 3820. The van der Waals surface area contributed by atoms with Gasteiger partial charge in [-0.3, -0.25) is 28.8 Å². The average Bonchev–Trinajstić information content (AvgIpc) is 3.09. The highest BCUT2D eigenvalue weighted by Crippen LogP contribution is 2.36. The third kappa shape index (κ3) is 18.4. The topological polar surface area (TPSA) is 175 Å². The molecular weight excluding hydrogens is 1140 g/mol. The number of carbonyl (C=O) groups excluding carboxylic acids is 6. The Morgan fingerprint density at radius 2 is 0.814 bits per heavy atom. The molecule has 0 aromatic heterocycles. The van der Waals surface area contributed by atoms with Crippen LogP contribution in [0.5, 0.6) is 40.2 Å². The molecule has 0 spiro atoms. The number of aryl methyl sites for hydroxylation is 4. The van der Waals surface area contributed by atoms with Crippen molar-refractivity contribution in [2.75, 3.05) is 6.61 Å². The van der Waals surface area contributed by atoms with Crippen molar-refractivity contribution in [3.05, 3.63) is 243 Å². The zero-order valence-electron chi connectivity index (χ0n) is 45.9. The molecule has 444 valence electrons. The second-order valence-electron chi connectivity index (χ2n) is 19.2. The van der Waals surface area contributed by atoms with Crippen molar-refractivity contribution in [3.63, 3.8) is 0 Å². The number of hydrogen-bond acceptors (Lipinski definition) is 10. The molecule has 3 aliphatic rings. The number of ether oxygens (including phenoxy) is 4. The van der Waals surface area contributed by atoms with Gasteiger partial charge in [-0.15, -0.1) is 0 Å². The van der Waals surface area contributed by atoms with E-state index in [4.69, 9.17) is 14.2 Å². The number of hydrogen-bond donors (Lipinski definition) is 3. The van der Waals surface area contributed by atoms with E-state index in [9.17, 15) is 68.3 Å². The number of halogens is 9. The number of allylic oxidation sites excluding steroid dienone is 9. The number of benzene rings is 6. The largest absolute Gasteiger partial charge is 0.484 e. The highest BCUT2D eigenvalue weighted by atomic mass is 19.4. The van der Waals surface area contributed by atoms with Crippen molar-refractivity contribution in [3.8, 4) is 40.2 Å². The SMILES string of the molecule is Cc1cc(C)c(Oc2ccc(F)cc2C(=O)NC2=CC(=O)CC=C2)cc1C.Cc1cc(F)ccc1Oc1ccc(C(F)(F)F)cc1C(=O)NC1=CC(=O)CC=C1.O=C1C=C(NC(=O)c2cc(F)ccc2Oc2ccc(OCC(F)(F)F)cc2)C=CC1. The molecule has 0 saturated heterocycles. The first-order valence-electron chi connectivity index (χ1n) is 25.8. The molecule has 0 heterocycles. The summed E-state index contributed by atoms with van der Waals surface area (Å²) in [4.78, 5) is 72.2. The zero-order chi connectivity index (χ0) is 62.5. The Hall–Kier alpha value is -10.3. The van der Waals surface area contributed by atoms with Gasteiger partial charge in [0.15, 0.2) is 24.0 Å². The van der Waals surface area contributed by atoms with Crippen LogP contribution < -0.4 is 34.9 Å². The fourth-order valence-corrected chi connectivity index (χ4v) is 7.99. The van der Waals surface area contributed by atoms with E-state index in [-0.39, 0.29) is 92.8 Å². The first-order chi connectivity index (χ1) is 40.7. The first-order valence-corrected chi connectivity index (χ1v) is 25.8. The molecule has 0 unspecified atom stereocenters. The molecule has 22 heteroatoms. The molecule has 6 aromatic rings. The minimum absolute atomic E-state index is 0.0163. The Kier molecular flexibility index (Phi) is 20.5. The lowest BCUT2D eigenvalue weighted by Gasteiger charge is -2.16. The molecule has 0 saturated carbocycles. The van der Waals surface area contributed by atoms with E-state index in [1.807, 2.05) is 32.9 Å². The number of nitrogens with one attached hydrogen (secondary N) is 3. The molecule has 3 amide bonds. The second kappa shape index (κ2) is 27.9. The molecule has 0 bridgehead atoms. The molecular formula is C64H50F9N3O10. The van der Waals surface area contributed by atoms with E-state index in [1.54, 1.807) is 31.2 Å². The number of ketones is 3. The summed E-state index contributed by atoms with van der Waals surface area (Å²) in [5, 5.41) is 7.52. The maximum Gasteiger partial charge on any atom is 0.422 e. The van der Waals surface area contributed by atoms with Gasteiger partial charge < -0.3 is 34.9 Å². The normalized spacial score (nSPS) is 13.6. The molecule has 3 N–H and O–H groups in total. The quantitative estimate of drug-likeness (QED) is 0.0890. The third-order valence-electron chi connectivity index (χ3n) is 12.3. The van der Waals surface area contributed by atoms with Crippen LogP contribution in [0.15, 0.2) is 181 Å². The van der Waals surface area contributed by atoms with Crippen LogP contribution in [0.3, 0.4) is 0 Å². The predicted octanol–water partition coefficient (Wildman–Crippen LogP) is 14.5. The first kappa shape index (κ1) is 63.3. The van der Waals surface area contributed by atoms with Crippen molar-refractivity contribution in [1.29, 1.82) is 0 Å². The summed E-state index contributed by atoms with van der Waals surface area (Å²) < 4.78 is 138. The lowest BCUT2D eigenvalue weighted by atomic mass is 10.1. The lowest BCUT2D eigenvalue weighted by molar-refractivity contribution is -0.153. The third-order valence-corrected chi connectivity index (χ3v) is 12.3. The van der Waals surface area contributed by atoms with Gasteiger partial charge in [0.05, 0.1) is 22.3 Å². The molecule has 0 radical (unpaired) electrons. The molecule has 0 atom stereocenters. The number of amides is 3. The molecule has 6 aromatic carbocycles. The smallest absolute Gasteiger partial charge is 0.422 e. The number of rotatable bonds is 14. The van der Waals surface area contributed by atoms with Gasteiger partial charge in [-0.2, -0.15) is 26.3 Å². The molecule has 0 fully saturated rings. The van der Waals surface area contributed by atoms with Gasteiger partial charge >= 0.3 is 12.4 Å². The van der Waals surface area contributed by atoms with Crippen LogP contribution >= 0.6 is 0 Å². The van der Waals surface area contributed by atoms with Crippen LogP contribution in [-0.2, 0) is 20.6 Å². The van der Waals surface area contributed by atoms with E-state index < -0.39 is 59.7 Å². The maximum atomic E-state index is 13.8.